The van der Waals surface area contributed by atoms with E-state index >= 15 is 0 Å². The Morgan fingerprint density at radius 2 is 2.19 bits per heavy atom. The highest BCUT2D eigenvalue weighted by molar-refractivity contribution is 6.05. The van der Waals surface area contributed by atoms with Crippen molar-refractivity contribution in [3.8, 4) is 0 Å². The predicted molar refractivity (Wildman–Crippen MR) is 84.0 cm³/mol. The Labute approximate surface area is 125 Å². The highest BCUT2D eigenvalue weighted by Crippen LogP contribution is 2.23. The van der Waals surface area contributed by atoms with Crippen molar-refractivity contribution >= 4 is 16.8 Å². The van der Waals surface area contributed by atoms with E-state index in [1.807, 2.05) is 42.2 Å². The quantitative estimate of drug-likeness (QED) is 0.921. The van der Waals surface area contributed by atoms with Crippen LogP contribution in [0.5, 0.6) is 0 Å². The van der Waals surface area contributed by atoms with Gasteiger partial charge >= 0.3 is 0 Å². The van der Waals surface area contributed by atoms with Gasteiger partial charge in [-0.3, -0.25) is 9.78 Å². The average Bonchev–Trinajstić information content (AvgIpc) is 2.53. The van der Waals surface area contributed by atoms with Crippen LogP contribution in [0.4, 0.5) is 0 Å². The SMILES string of the molecule is CC(N)C1CCCN(C(=O)c2ccnc3ccccc23)C1. The molecule has 2 atom stereocenters. The Morgan fingerprint density at radius 1 is 1.38 bits per heavy atom. The summed E-state index contributed by atoms with van der Waals surface area (Å²) < 4.78 is 0. The number of fused-ring (bicyclic) bond motifs is 1. The first-order chi connectivity index (χ1) is 10.2. The number of nitrogens with two attached hydrogens (primary N) is 1. The van der Waals surface area contributed by atoms with Crippen LogP contribution in [0.1, 0.15) is 30.1 Å². The number of hydrogen-bond donors (Lipinski definition) is 1. The fourth-order valence-corrected chi connectivity index (χ4v) is 3.08. The number of hydrogen-bond acceptors (Lipinski definition) is 3. The number of nitrogens with zero attached hydrogens (tertiary/aromatic N) is 2. The van der Waals surface area contributed by atoms with Crippen LogP contribution in [0.15, 0.2) is 36.5 Å². The Hall–Kier alpha value is -1.94. The van der Waals surface area contributed by atoms with Gasteiger partial charge in [0.05, 0.1) is 11.1 Å². The van der Waals surface area contributed by atoms with Crippen molar-refractivity contribution in [1.29, 1.82) is 0 Å². The van der Waals surface area contributed by atoms with Crippen LogP contribution >= 0.6 is 0 Å². The van der Waals surface area contributed by atoms with E-state index < -0.39 is 0 Å². The summed E-state index contributed by atoms with van der Waals surface area (Å²) in [6.45, 7) is 3.60. The predicted octanol–water partition coefficient (Wildman–Crippen LogP) is 2.43. The summed E-state index contributed by atoms with van der Waals surface area (Å²) in [7, 11) is 0. The molecule has 4 heteroatoms. The van der Waals surface area contributed by atoms with Gasteiger partial charge < -0.3 is 10.6 Å². The van der Waals surface area contributed by atoms with Crippen LogP contribution < -0.4 is 5.73 Å². The Kier molecular flexibility index (Phi) is 3.88. The van der Waals surface area contributed by atoms with Crippen LogP contribution in [0.25, 0.3) is 10.9 Å². The summed E-state index contributed by atoms with van der Waals surface area (Å²) in [6, 6.07) is 9.74. The summed E-state index contributed by atoms with van der Waals surface area (Å²) in [4.78, 5) is 19.1. The number of pyridine rings is 1. The Bertz CT molecular complexity index is 648. The highest BCUT2D eigenvalue weighted by atomic mass is 16.2. The number of rotatable bonds is 2. The molecule has 2 aromatic rings. The van der Waals surface area contributed by atoms with E-state index in [1.54, 1.807) is 6.20 Å². The first kappa shape index (κ1) is 14.0. The minimum atomic E-state index is 0.0963. The lowest BCUT2D eigenvalue weighted by atomic mass is 9.91. The van der Waals surface area contributed by atoms with Crippen LogP contribution in [-0.4, -0.2) is 34.9 Å². The summed E-state index contributed by atoms with van der Waals surface area (Å²) in [5, 5.41) is 0.924. The van der Waals surface area contributed by atoms with Crippen molar-refractivity contribution in [2.45, 2.75) is 25.8 Å². The van der Waals surface area contributed by atoms with Gasteiger partial charge in [0.1, 0.15) is 0 Å². The molecule has 21 heavy (non-hydrogen) atoms. The molecular formula is C17H21N3O. The molecular weight excluding hydrogens is 262 g/mol. The van der Waals surface area contributed by atoms with E-state index in [0.717, 1.165) is 42.4 Å². The zero-order valence-corrected chi connectivity index (χ0v) is 12.3. The van der Waals surface area contributed by atoms with Gasteiger partial charge in [-0.05, 0) is 37.8 Å². The second-order valence-corrected chi connectivity index (χ2v) is 5.89. The lowest BCUT2D eigenvalue weighted by Gasteiger charge is -2.34. The smallest absolute Gasteiger partial charge is 0.254 e. The van der Waals surface area contributed by atoms with Crippen LogP contribution in [-0.2, 0) is 0 Å². The van der Waals surface area contributed by atoms with E-state index in [2.05, 4.69) is 4.98 Å². The van der Waals surface area contributed by atoms with Crippen LogP contribution in [0.3, 0.4) is 0 Å². The molecule has 1 aromatic carbocycles. The summed E-state index contributed by atoms with van der Waals surface area (Å²) in [5.74, 6) is 0.495. The van der Waals surface area contributed by atoms with E-state index in [1.165, 1.54) is 0 Å². The lowest BCUT2D eigenvalue weighted by molar-refractivity contribution is 0.0663. The average molecular weight is 283 g/mol. The molecule has 2 heterocycles. The third-order valence-electron chi connectivity index (χ3n) is 4.37. The number of para-hydroxylation sites is 1. The number of aromatic nitrogens is 1. The normalized spacial score (nSPS) is 20.5. The van der Waals surface area contributed by atoms with Crippen molar-refractivity contribution in [3.63, 3.8) is 0 Å². The Balaban J connectivity index is 1.90. The molecule has 0 bridgehead atoms. The minimum absolute atomic E-state index is 0.0963. The molecule has 0 spiro atoms. The minimum Gasteiger partial charge on any atom is -0.338 e. The third-order valence-corrected chi connectivity index (χ3v) is 4.37. The standard InChI is InChI=1S/C17H21N3O/c1-12(18)13-5-4-10-20(11-13)17(21)15-8-9-19-16-7-3-2-6-14(15)16/h2-3,6-9,12-13H,4-5,10-11,18H2,1H3. The molecule has 1 saturated heterocycles. The van der Waals surface area contributed by atoms with E-state index in [0.29, 0.717) is 5.92 Å². The van der Waals surface area contributed by atoms with Crippen molar-refractivity contribution in [2.75, 3.05) is 13.1 Å². The maximum atomic E-state index is 12.8. The maximum absolute atomic E-state index is 12.8. The van der Waals surface area contributed by atoms with Gasteiger partial charge in [-0.2, -0.15) is 0 Å². The molecule has 4 nitrogen and oxygen atoms in total. The number of benzene rings is 1. The van der Waals surface area contributed by atoms with Gasteiger partial charge in [-0.25, -0.2) is 0 Å². The van der Waals surface area contributed by atoms with Crippen molar-refractivity contribution < 1.29 is 4.79 Å². The molecule has 2 N–H and O–H groups in total. The third kappa shape index (κ3) is 2.76. The molecule has 0 saturated carbocycles. The first-order valence-electron chi connectivity index (χ1n) is 7.55. The van der Waals surface area contributed by atoms with Gasteiger partial charge in [-0.1, -0.05) is 18.2 Å². The molecule has 0 aliphatic carbocycles. The fourth-order valence-electron chi connectivity index (χ4n) is 3.08. The van der Waals surface area contributed by atoms with Crippen molar-refractivity contribution in [3.05, 3.63) is 42.1 Å². The maximum Gasteiger partial charge on any atom is 0.254 e. The van der Waals surface area contributed by atoms with Crippen LogP contribution in [0, 0.1) is 5.92 Å². The van der Waals surface area contributed by atoms with E-state index in [4.69, 9.17) is 5.73 Å². The number of likely N-dealkylation sites (tertiary alicyclic amines) is 1. The van der Waals surface area contributed by atoms with Gasteiger partial charge in [0.15, 0.2) is 0 Å². The molecule has 1 amide bonds. The molecule has 2 unspecified atom stereocenters. The monoisotopic (exact) mass is 283 g/mol. The number of carbonyl (C=O) groups excluding carboxylic acids is 1. The summed E-state index contributed by atoms with van der Waals surface area (Å²) >= 11 is 0. The second-order valence-electron chi connectivity index (χ2n) is 5.89. The van der Waals surface area contributed by atoms with E-state index in [-0.39, 0.29) is 11.9 Å². The number of carbonyl (C=O) groups is 1. The van der Waals surface area contributed by atoms with Crippen molar-refractivity contribution in [2.24, 2.45) is 11.7 Å². The fraction of sp³-hybridized carbons (Fsp3) is 0.412. The number of piperidine rings is 1. The molecule has 1 aromatic heterocycles. The summed E-state index contributed by atoms with van der Waals surface area (Å²) in [5.41, 5.74) is 7.62. The lowest BCUT2D eigenvalue weighted by Crippen LogP contribution is -2.45. The van der Waals surface area contributed by atoms with Crippen molar-refractivity contribution in [1.82, 2.24) is 9.88 Å². The largest absolute Gasteiger partial charge is 0.338 e. The highest BCUT2D eigenvalue weighted by Gasteiger charge is 2.27. The Morgan fingerprint density at radius 3 is 3.00 bits per heavy atom. The topological polar surface area (TPSA) is 59.2 Å². The molecule has 1 aliphatic heterocycles. The zero-order valence-electron chi connectivity index (χ0n) is 12.3. The summed E-state index contributed by atoms with van der Waals surface area (Å²) in [6.07, 6.45) is 3.85. The molecule has 1 aliphatic rings. The van der Waals surface area contributed by atoms with Gasteiger partial charge in [0.2, 0.25) is 0 Å². The number of amides is 1. The van der Waals surface area contributed by atoms with Gasteiger partial charge in [0.25, 0.3) is 5.91 Å². The first-order valence-corrected chi connectivity index (χ1v) is 7.55. The van der Waals surface area contributed by atoms with E-state index in [9.17, 15) is 4.79 Å². The zero-order chi connectivity index (χ0) is 14.8. The van der Waals surface area contributed by atoms with Crippen LogP contribution in [0.2, 0.25) is 0 Å². The van der Waals surface area contributed by atoms with Gasteiger partial charge in [-0.15, -0.1) is 0 Å². The molecule has 110 valence electrons. The second kappa shape index (κ2) is 5.82. The van der Waals surface area contributed by atoms with Gasteiger partial charge in [0, 0.05) is 30.7 Å². The molecule has 0 radical (unpaired) electrons. The molecule has 3 rings (SSSR count). The molecule has 1 fully saturated rings.